The molecule has 0 radical (unpaired) electrons. The van der Waals surface area contributed by atoms with Crippen LogP contribution in [0.1, 0.15) is 25.7 Å². The number of carboxylic acids is 1. The Labute approximate surface area is 132 Å². The van der Waals surface area contributed by atoms with Gasteiger partial charge in [-0.3, -0.25) is 0 Å². The molecule has 1 unspecified atom stereocenters. The second kappa shape index (κ2) is 7.00. The van der Waals surface area contributed by atoms with Gasteiger partial charge in [-0.15, -0.1) is 0 Å². The predicted molar refractivity (Wildman–Crippen MR) is 82.1 cm³/mol. The van der Waals surface area contributed by atoms with Crippen molar-refractivity contribution in [2.24, 2.45) is 0 Å². The van der Waals surface area contributed by atoms with Crippen molar-refractivity contribution in [3.8, 4) is 0 Å². The lowest BCUT2D eigenvalue weighted by atomic mass is 10.1. The Morgan fingerprint density at radius 1 is 1.14 bits per heavy atom. The number of carbonyl (C=O) groups excluding carboxylic acids is 1. The molecule has 1 saturated heterocycles. The fourth-order valence-corrected chi connectivity index (χ4v) is 2.96. The van der Waals surface area contributed by atoms with E-state index in [2.05, 4.69) is 5.32 Å². The smallest absolute Gasteiger partial charge is 0.326 e. The van der Waals surface area contributed by atoms with Crippen LogP contribution in [0, 0.1) is 0 Å². The van der Waals surface area contributed by atoms with Gasteiger partial charge in [-0.1, -0.05) is 36.0 Å². The molecule has 1 aliphatic heterocycles. The molecular formula is C14H16Cl2N2O3. The summed E-state index contributed by atoms with van der Waals surface area (Å²) in [5.74, 6) is -0.976. The minimum Gasteiger partial charge on any atom is -0.480 e. The highest BCUT2D eigenvalue weighted by Crippen LogP contribution is 2.24. The van der Waals surface area contributed by atoms with E-state index in [0.717, 1.165) is 19.3 Å². The van der Waals surface area contributed by atoms with Crippen molar-refractivity contribution in [3.05, 3.63) is 28.2 Å². The van der Waals surface area contributed by atoms with E-state index in [1.54, 1.807) is 18.2 Å². The SMILES string of the molecule is O=C(O)C1CCCCCN1C(=O)Nc1cc(Cl)cc(Cl)c1. The van der Waals surface area contributed by atoms with Gasteiger partial charge >= 0.3 is 12.0 Å². The summed E-state index contributed by atoms with van der Waals surface area (Å²) in [6, 6.07) is 3.47. The van der Waals surface area contributed by atoms with E-state index < -0.39 is 18.0 Å². The number of anilines is 1. The van der Waals surface area contributed by atoms with Crippen LogP contribution < -0.4 is 5.32 Å². The highest BCUT2D eigenvalue weighted by Gasteiger charge is 2.30. The number of carbonyl (C=O) groups is 2. The molecule has 1 aromatic carbocycles. The van der Waals surface area contributed by atoms with E-state index in [9.17, 15) is 14.7 Å². The summed E-state index contributed by atoms with van der Waals surface area (Å²) in [6.45, 7) is 0.428. The number of amides is 2. The van der Waals surface area contributed by atoms with E-state index in [-0.39, 0.29) is 0 Å². The van der Waals surface area contributed by atoms with Crippen molar-refractivity contribution in [1.82, 2.24) is 4.90 Å². The van der Waals surface area contributed by atoms with Gasteiger partial charge in [0.25, 0.3) is 0 Å². The van der Waals surface area contributed by atoms with Gasteiger partial charge in [0.2, 0.25) is 0 Å². The summed E-state index contributed by atoms with van der Waals surface area (Å²) < 4.78 is 0. The number of hydrogen-bond donors (Lipinski definition) is 2. The summed E-state index contributed by atoms with van der Waals surface area (Å²) in [6.07, 6.45) is 3.01. The summed E-state index contributed by atoms with van der Waals surface area (Å²) in [5, 5.41) is 12.7. The number of halogens is 2. The number of benzene rings is 1. The molecule has 0 saturated carbocycles. The number of urea groups is 1. The van der Waals surface area contributed by atoms with Crippen LogP contribution in [0.25, 0.3) is 0 Å². The van der Waals surface area contributed by atoms with Gasteiger partial charge in [-0.2, -0.15) is 0 Å². The fourth-order valence-electron chi connectivity index (χ4n) is 2.43. The second-order valence-corrected chi connectivity index (χ2v) is 5.86. The summed E-state index contributed by atoms with van der Waals surface area (Å²) in [5.41, 5.74) is 0.450. The molecule has 7 heteroatoms. The Hall–Kier alpha value is -1.46. The van der Waals surface area contributed by atoms with Crippen LogP contribution in [0.3, 0.4) is 0 Å². The van der Waals surface area contributed by atoms with Crippen LogP contribution in [0.2, 0.25) is 10.0 Å². The highest BCUT2D eigenvalue weighted by molar-refractivity contribution is 6.35. The van der Waals surface area contributed by atoms with Crippen molar-refractivity contribution in [1.29, 1.82) is 0 Å². The minimum atomic E-state index is -0.976. The normalized spacial score (nSPS) is 19.0. The highest BCUT2D eigenvalue weighted by atomic mass is 35.5. The average Bonchev–Trinajstić information content (AvgIpc) is 2.62. The molecule has 5 nitrogen and oxygen atoms in total. The maximum absolute atomic E-state index is 12.3. The average molecular weight is 331 g/mol. The predicted octanol–water partition coefficient (Wildman–Crippen LogP) is 3.85. The lowest BCUT2D eigenvalue weighted by Gasteiger charge is -2.27. The molecule has 1 fully saturated rings. The van der Waals surface area contributed by atoms with Gasteiger partial charge in [0.05, 0.1) is 0 Å². The molecule has 0 aromatic heterocycles. The van der Waals surface area contributed by atoms with E-state index >= 15 is 0 Å². The van der Waals surface area contributed by atoms with Crippen LogP contribution in [-0.4, -0.2) is 34.6 Å². The van der Waals surface area contributed by atoms with Crippen molar-refractivity contribution in [2.75, 3.05) is 11.9 Å². The zero-order valence-electron chi connectivity index (χ0n) is 11.3. The Morgan fingerprint density at radius 3 is 2.43 bits per heavy atom. The van der Waals surface area contributed by atoms with Crippen LogP contribution >= 0.6 is 23.2 Å². The van der Waals surface area contributed by atoms with Crippen LogP contribution in [-0.2, 0) is 4.79 Å². The van der Waals surface area contributed by atoms with E-state index in [4.69, 9.17) is 23.2 Å². The first-order valence-corrected chi connectivity index (χ1v) is 7.49. The second-order valence-electron chi connectivity index (χ2n) is 4.99. The minimum absolute atomic E-state index is 0.406. The lowest BCUT2D eigenvalue weighted by molar-refractivity contribution is -0.142. The molecule has 2 rings (SSSR count). The summed E-state index contributed by atoms with van der Waals surface area (Å²) in [4.78, 5) is 25.0. The summed E-state index contributed by atoms with van der Waals surface area (Å²) in [7, 11) is 0. The topological polar surface area (TPSA) is 69.6 Å². The molecule has 0 aliphatic carbocycles. The molecule has 0 bridgehead atoms. The molecule has 114 valence electrons. The Kier molecular flexibility index (Phi) is 5.31. The van der Waals surface area contributed by atoms with Crippen molar-refractivity contribution in [2.45, 2.75) is 31.7 Å². The van der Waals surface area contributed by atoms with Gasteiger partial charge in [-0.25, -0.2) is 9.59 Å². The van der Waals surface area contributed by atoms with E-state index in [1.807, 2.05) is 0 Å². The van der Waals surface area contributed by atoms with Gasteiger partial charge in [0.15, 0.2) is 0 Å². The quantitative estimate of drug-likeness (QED) is 0.865. The van der Waals surface area contributed by atoms with Crippen LogP contribution in [0.4, 0.5) is 10.5 Å². The van der Waals surface area contributed by atoms with E-state index in [1.165, 1.54) is 4.90 Å². The number of carboxylic acid groups (broad SMARTS) is 1. The van der Waals surface area contributed by atoms with Gasteiger partial charge < -0.3 is 15.3 Å². The number of hydrogen-bond acceptors (Lipinski definition) is 2. The molecule has 1 atom stereocenters. The third-order valence-corrected chi connectivity index (χ3v) is 3.85. The number of likely N-dealkylation sites (tertiary alicyclic amines) is 1. The maximum atomic E-state index is 12.3. The fraction of sp³-hybridized carbons (Fsp3) is 0.429. The molecule has 21 heavy (non-hydrogen) atoms. The van der Waals surface area contributed by atoms with E-state index in [0.29, 0.717) is 28.7 Å². The van der Waals surface area contributed by atoms with Crippen LogP contribution in [0.15, 0.2) is 18.2 Å². The molecule has 1 heterocycles. The molecule has 2 N–H and O–H groups in total. The molecule has 2 amide bonds. The molecule has 1 aliphatic rings. The Morgan fingerprint density at radius 2 is 1.81 bits per heavy atom. The third kappa shape index (κ3) is 4.25. The maximum Gasteiger partial charge on any atom is 0.326 e. The first kappa shape index (κ1) is 15.9. The zero-order valence-corrected chi connectivity index (χ0v) is 12.8. The third-order valence-electron chi connectivity index (χ3n) is 3.41. The number of nitrogens with zero attached hydrogens (tertiary/aromatic N) is 1. The lowest BCUT2D eigenvalue weighted by Crippen LogP contribution is -2.46. The summed E-state index contributed by atoms with van der Waals surface area (Å²) >= 11 is 11.8. The van der Waals surface area contributed by atoms with Crippen molar-refractivity contribution < 1.29 is 14.7 Å². The van der Waals surface area contributed by atoms with Crippen molar-refractivity contribution in [3.63, 3.8) is 0 Å². The Bertz CT molecular complexity index is 531. The van der Waals surface area contributed by atoms with Gasteiger partial charge in [-0.05, 0) is 31.0 Å². The van der Waals surface area contributed by atoms with Crippen LogP contribution in [0.5, 0.6) is 0 Å². The van der Waals surface area contributed by atoms with Gasteiger partial charge in [0.1, 0.15) is 6.04 Å². The standard InChI is InChI=1S/C14H16Cl2N2O3/c15-9-6-10(16)8-11(7-9)17-14(21)18-5-3-1-2-4-12(18)13(19)20/h6-8,12H,1-5H2,(H,17,21)(H,19,20). The number of nitrogens with one attached hydrogen (secondary N) is 1. The van der Waals surface area contributed by atoms with Crippen molar-refractivity contribution >= 4 is 40.9 Å². The molecule has 1 aromatic rings. The monoisotopic (exact) mass is 330 g/mol. The Balaban J connectivity index is 2.14. The number of aliphatic carboxylic acids is 1. The van der Waals surface area contributed by atoms with Gasteiger partial charge in [0, 0.05) is 22.3 Å². The zero-order chi connectivity index (χ0) is 15.4. The largest absolute Gasteiger partial charge is 0.480 e. The first-order valence-electron chi connectivity index (χ1n) is 6.74. The molecular weight excluding hydrogens is 315 g/mol. The first-order chi connectivity index (χ1) is 9.97. The number of rotatable bonds is 2. The molecule has 0 spiro atoms.